The lowest BCUT2D eigenvalue weighted by atomic mass is 9.95. The molecule has 1 rings (SSSR count). The molecule has 1 heterocycles. The van der Waals surface area contributed by atoms with Gasteiger partial charge in [-0.3, -0.25) is 0 Å². The molecule has 22 heavy (non-hydrogen) atoms. The van der Waals surface area contributed by atoms with E-state index in [1.165, 1.54) is 57.8 Å². The summed E-state index contributed by atoms with van der Waals surface area (Å²) in [6, 6.07) is 0. The molecule has 0 N–H and O–H groups in total. The number of allylic oxidation sites excluding steroid dienone is 1. The Labute approximate surface area is 136 Å². The van der Waals surface area contributed by atoms with Crippen LogP contribution in [-0.2, 0) is 9.53 Å². The maximum absolute atomic E-state index is 11.9. The maximum Gasteiger partial charge on any atom is 0.340 e. The number of carbonyl (C=O) groups excluding carboxylic acids is 1. The van der Waals surface area contributed by atoms with Crippen molar-refractivity contribution in [1.82, 2.24) is 0 Å². The number of esters is 1. The van der Waals surface area contributed by atoms with E-state index in [4.69, 9.17) is 4.74 Å². The second-order valence-corrected chi connectivity index (χ2v) is 6.55. The zero-order valence-corrected chi connectivity index (χ0v) is 14.7. The second kappa shape index (κ2) is 10.6. The quantitative estimate of drug-likeness (QED) is 0.348. The molecule has 0 amide bonds. The molecule has 0 aromatic rings. The zero-order valence-electron chi connectivity index (χ0n) is 14.7. The standard InChI is InChI=1S/C19H33NO2/c1-4-6-7-8-9-10-11-12-13-14-16-19(3)18(21)22-17(20-19)15-5-2/h5,15H,4,6-14,16H2,1-3H3. The SMILES string of the molecule is CC=CC1=NC(C)(CCCCCCCCCCCC)C(=O)O1. The fourth-order valence-corrected chi connectivity index (χ4v) is 2.85. The van der Waals surface area contributed by atoms with Crippen LogP contribution in [-0.4, -0.2) is 17.4 Å². The Balaban J connectivity index is 2.08. The first-order valence-electron chi connectivity index (χ1n) is 9.07. The van der Waals surface area contributed by atoms with Gasteiger partial charge in [0.25, 0.3) is 0 Å². The fraction of sp³-hybridized carbons (Fsp3) is 0.789. The summed E-state index contributed by atoms with van der Waals surface area (Å²) in [5.41, 5.74) is -0.658. The average Bonchev–Trinajstić information content (AvgIpc) is 2.76. The third kappa shape index (κ3) is 6.76. The van der Waals surface area contributed by atoms with Crippen LogP contribution in [0.2, 0.25) is 0 Å². The lowest BCUT2D eigenvalue weighted by Gasteiger charge is -2.15. The molecule has 1 aliphatic heterocycles. The minimum absolute atomic E-state index is 0.198. The highest BCUT2D eigenvalue weighted by Gasteiger charge is 2.40. The van der Waals surface area contributed by atoms with Crippen molar-refractivity contribution in [2.24, 2.45) is 4.99 Å². The number of nitrogens with zero attached hydrogens (tertiary/aromatic N) is 1. The number of ether oxygens (including phenoxy) is 1. The smallest absolute Gasteiger partial charge is 0.340 e. The van der Waals surface area contributed by atoms with E-state index >= 15 is 0 Å². The molecule has 126 valence electrons. The number of rotatable bonds is 12. The summed E-state index contributed by atoms with van der Waals surface area (Å²) >= 11 is 0. The normalized spacial score (nSPS) is 21.4. The molecular weight excluding hydrogens is 274 g/mol. The minimum atomic E-state index is -0.658. The summed E-state index contributed by atoms with van der Waals surface area (Å²) in [5.74, 6) is 0.263. The number of unbranched alkanes of at least 4 members (excludes halogenated alkanes) is 9. The zero-order chi connectivity index (χ0) is 16.3. The van der Waals surface area contributed by atoms with Gasteiger partial charge in [-0.25, -0.2) is 9.79 Å². The van der Waals surface area contributed by atoms with E-state index in [1.54, 1.807) is 6.08 Å². The van der Waals surface area contributed by atoms with E-state index in [0.29, 0.717) is 5.90 Å². The van der Waals surface area contributed by atoms with Crippen molar-refractivity contribution in [1.29, 1.82) is 0 Å². The summed E-state index contributed by atoms with van der Waals surface area (Å²) in [6.45, 7) is 6.04. The number of hydrogen-bond donors (Lipinski definition) is 0. The van der Waals surface area contributed by atoms with Gasteiger partial charge in [0.2, 0.25) is 5.90 Å². The van der Waals surface area contributed by atoms with E-state index in [1.807, 2.05) is 19.9 Å². The van der Waals surface area contributed by atoms with Gasteiger partial charge in [-0.05, 0) is 26.3 Å². The van der Waals surface area contributed by atoms with Crippen LogP contribution in [0.25, 0.3) is 0 Å². The van der Waals surface area contributed by atoms with Crippen LogP contribution >= 0.6 is 0 Å². The van der Waals surface area contributed by atoms with Gasteiger partial charge < -0.3 is 4.74 Å². The topological polar surface area (TPSA) is 38.7 Å². The first-order chi connectivity index (χ1) is 10.6. The maximum atomic E-state index is 11.9. The summed E-state index contributed by atoms with van der Waals surface area (Å²) in [5, 5.41) is 0. The van der Waals surface area contributed by atoms with Gasteiger partial charge in [0.05, 0.1) is 0 Å². The molecule has 1 atom stereocenters. The molecule has 0 saturated heterocycles. The summed E-state index contributed by atoms with van der Waals surface area (Å²) in [7, 11) is 0. The van der Waals surface area contributed by atoms with E-state index < -0.39 is 5.54 Å². The van der Waals surface area contributed by atoms with E-state index in [9.17, 15) is 4.79 Å². The Kier molecular flexibility index (Phi) is 9.10. The van der Waals surface area contributed by atoms with Crippen molar-refractivity contribution in [2.75, 3.05) is 0 Å². The highest BCUT2D eigenvalue weighted by atomic mass is 16.6. The lowest BCUT2D eigenvalue weighted by molar-refractivity contribution is -0.138. The Hall–Kier alpha value is -1.12. The highest BCUT2D eigenvalue weighted by molar-refractivity contribution is 6.04. The molecular formula is C19H33NO2. The molecule has 3 heteroatoms. The first kappa shape index (κ1) is 18.9. The number of aliphatic imine (C=N–C) groups is 1. The molecule has 0 radical (unpaired) electrons. The Bertz CT molecular complexity index is 387. The predicted octanol–water partition coefficient (Wildman–Crippen LogP) is 5.59. The van der Waals surface area contributed by atoms with Crippen molar-refractivity contribution in [2.45, 2.75) is 96.9 Å². The molecule has 0 aromatic heterocycles. The largest absolute Gasteiger partial charge is 0.406 e. The summed E-state index contributed by atoms with van der Waals surface area (Å²) < 4.78 is 5.18. The van der Waals surface area contributed by atoms with Gasteiger partial charge in [0.15, 0.2) is 5.54 Å². The average molecular weight is 307 g/mol. The van der Waals surface area contributed by atoms with Crippen LogP contribution in [0.15, 0.2) is 17.1 Å². The van der Waals surface area contributed by atoms with Gasteiger partial charge >= 0.3 is 5.97 Å². The van der Waals surface area contributed by atoms with Gasteiger partial charge in [-0.15, -0.1) is 0 Å². The Morgan fingerprint density at radius 2 is 1.55 bits per heavy atom. The monoisotopic (exact) mass is 307 g/mol. The van der Waals surface area contributed by atoms with Gasteiger partial charge in [0.1, 0.15) is 0 Å². The lowest BCUT2D eigenvalue weighted by Crippen LogP contribution is -2.29. The van der Waals surface area contributed by atoms with Gasteiger partial charge in [-0.2, -0.15) is 0 Å². The first-order valence-corrected chi connectivity index (χ1v) is 9.07. The molecule has 0 bridgehead atoms. The minimum Gasteiger partial charge on any atom is -0.406 e. The molecule has 0 spiro atoms. The van der Waals surface area contributed by atoms with Crippen molar-refractivity contribution in [3.8, 4) is 0 Å². The summed E-state index contributed by atoms with van der Waals surface area (Å²) in [6.07, 6.45) is 17.4. The van der Waals surface area contributed by atoms with E-state index in [-0.39, 0.29) is 5.97 Å². The van der Waals surface area contributed by atoms with Crippen LogP contribution in [0.3, 0.4) is 0 Å². The van der Waals surface area contributed by atoms with Crippen LogP contribution in [0.4, 0.5) is 0 Å². The fourth-order valence-electron chi connectivity index (χ4n) is 2.85. The molecule has 0 aliphatic carbocycles. The van der Waals surface area contributed by atoms with Crippen LogP contribution in [0.1, 0.15) is 91.4 Å². The third-order valence-electron chi connectivity index (χ3n) is 4.32. The van der Waals surface area contributed by atoms with E-state index in [0.717, 1.165) is 12.8 Å². The van der Waals surface area contributed by atoms with Gasteiger partial charge in [0, 0.05) is 0 Å². The van der Waals surface area contributed by atoms with Crippen molar-refractivity contribution < 1.29 is 9.53 Å². The van der Waals surface area contributed by atoms with Crippen molar-refractivity contribution in [3.05, 3.63) is 12.2 Å². The number of hydrogen-bond acceptors (Lipinski definition) is 3. The Morgan fingerprint density at radius 3 is 2.09 bits per heavy atom. The molecule has 0 aromatic carbocycles. The molecule has 0 saturated carbocycles. The molecule has 1 unspecified atom stereocenters. The second-order valence-electron chi connectivity index (χ2n) is 6.55. The van der Waals surface area contributed by atoms with Gasteiger partial charge in [-0.1, -0.05) is 77.2 Å². The third-order valence-corrected chi connectivity index (χ3v) is 4.32. The van der Waals surface area contributed by atoms with Crippen molar-refractivity contribution in [3.63, 3.8) is 0 Å². The Morgan fingerprint density at radius 1 is 1.00 bits per heavy atom. The number of carbonyl (C=O) groups is 1. The van der Waals surface area contributed by atoms with Crippen LogP contribution in [0.5, 0.6) is 0 Å². The summed E-state index contributed by atoms with van der Waals surface area (Å²) in [4.78, 5) is 16.3. The molecule has 0 fully saturated rings. The molecule has 1 aliphatic rings. The van der Waals surface area contributed by atoms with Crippen molar-refractivity contribution >= 4 is 11.9 Å². The molecule has 3 nitrogen and oxygen atoms in total. The predicted molar refractivity (Wildman–Crippen MR) is 93.2 cm³/mol. The highest BCUT2D eigenvalue weighted by Crippen LogP contribution is 2.27. The van der Waals surface area contributed by atoms with E-state index in [2.05, 4.69) is 11.9 Å². The number of cyclic esters (lactones) is 1. The van der Waals surface area contributed by atoms with Crippen LogP contribution in [0, 0.1) is 0 Å². The van der Waals surface area contributed by atoms with Crippen LogP contribution < -0.4 is 0 Å².